The Morgan fingerprint density at radius 2 is 1.89 bits per heavy atom. The van der Waals surface area contributed by atoms with Gasteiger partial charge in [0.15, 0.2) is 9.84 Å². The van der Waals surface area contributed by atoms with Crippen LogP contribution >= 0.6 is 0 Å². The van der Waals surface area contributed by atoms with E-state index < -0.39 is 33.6 Å². The third-order valence-electron chi connectivity index (χ3n) is 3.30. The van der Waals surface area contributed by atoms with Crippen LogP contribution in [0.25, 0.3) is 0 Å². The van der Waals surface area contributed by atoms with Crippen LogP contribution in [0, 0.1) is 5.92 Å². The topological polar surface area (TPSA) is 54.4 Å². The molecule has 1 heterocycles. The molecule has 1 aliphatic heterocycles. The zero-order valence-corrected chi connectivity index (χ0v) is 10.7. The van der Waals surface area contributed by atoms with Crippen molar-refractivity contribution >= 4 is 9.84 Å². The molecule has 106 valence electrons. The Morgan fingerprint density at radius 3 is 2.42 bits per heavy atom. The maximum atomic E-state index is 12.8. The summed E-state index contributed by atoms with van der Waals surface area (Å²) in [5.41, 5.74) is -1.16. The van der Waals surface area contributed by atoms with Gasteiger partial charge in [-0.2, -0.15) is 13.2 Å². The smallest absolute Gasteiger partial charge is 0.388 e. The van der Waals surface area contributed by atoms with Crippen LogP contribution < -0.4 is 0 Å². The highest BCUT2D eigenvalue weighted by molar-refractivity contribution is 7.91. The normalized spacial score (nSPS) is 24.3. The molecular weight excluding hydrogens is 281 g/mol. The summed E-state index contributed by atoms with van der Waals surface area (Å²) in [7, 11) is -3.24. The molecule has 2 atom stereocenters. The van der Waals surface area contributed by atoms with Crippen molar-refractivity contribution < 1.29 is 26.7 Å². The molecule has 0 aromatic heterocycles. The number of aliphatic hydroxyl groups excluding tert-OH is 1. The van der Waals surface area contributed by atoms with Crippen LogP contribution in [0.1, 0.15) is 23.7 Å². The van der Waals surface area contributed by atoms with Gasteiger partial charge in [-0.3, -0.25) is 0 Å². The van der Waals surface area contributed by atoms with Crippen molar-refractivity contribution in [2.24, 2.45) is 5.92 Å². The predicted molar refractivity (Wildman–Crippen MR) is 63.2 cm³/mol. The van der Waals surface area contributed by atoms with Crippen molar-refractivity contribution in [1.29, 1.82) is 0 Å². The van der Waals surface area contributed by atoms with Crippen LogP contribution in [0.3, 0.4) is 0 Å². The van der Waals surface area contributed by atoms with Crippen molar-refractivity contribution in [3.05, 3.63) is 35.4 Å². The van der Waals surface area contributed by atoms with Gasteiger partial charge in [-0.25, -0.2) is 8.42 Å². The molecule has 0 spiro atoms. The fourth-order valence-corrected chi connectivity index (χ4v) is 4.17. The monoisotopic (exact) mass is 294 g/mol. The van der Waals surface area contributed by atoms with E-state index in [9.17, 15) is 26.7 Å². The summed E-state index contributed by atoms with van der Waals surface area (Å²) in [6, 6.07) is 4.72. The first-order chi connectivity index (χ1) is 8.71. The molecule has 0 saturated carbocycles. The molecule has 0 aliphatic carbocycles. The molecule has 19 heavy (non-hydrogen) atoms. The lowest BCUT2D eigenvalue weighted by molar-refractivity contribution is -0.139. The van der Waals surface area contributed by atoms with Crippen molar-refractivity contribution in [1.82, 2.24) is 0 Å². The Hall–Kier alpha value is -1.08. The van der Waals surface area contributed by atoms with Gasteiger partial charge in [0.1, 0.15) is 0 Å². The van der Waals surface area contributed by atoms with Gasteiger partial charge in [-0.05, 0) is 18.1 Å². The predicted octanol–water partition coefficient (Wildman–Crippen LogP) is 2.17. The number of halogens is 3. The fourth-order valence-electron chi connectivity index (χ4n) is 2.34. The lowest BCUT2D eigenvalue weighted by atomic mass is 9.92. The highest BCUT2D eigenvalue weighted by Gasteiger charge is 2.39. The zero-order valence-electron chi connectivity index (χ0n) is 9.89. The van der Waals surface area contributed by atoms with Crippen LogP contribution in [-0.2, 0) is 16.0 Å². The summed E-state index contributed by atoms with van der Waals surface area (Å²) in [6.07, 6.45) is -5.78. The quantitative estimate of drug-likeness (QED) is 0.909. The minimum absolute atomic E-state index is 0.0804. The van der Waals surface area contributed by atoms with E-state index in [-0.39, 0.29) is 23.5 Å². The lowest BCUT2D eigenvalue weighted by Crippen LogP contribution is -2.18. The van der Waals surface area contributed by atoms with Gasteiger partial charge >= 0.3 is 6.18 Å². The summed E-state index contributed by atoms with van der Waals surface area (Å²) < 4.78 is 61.1. The summed E-state index contributed by atoms with van der Waals surface area (Å²) in [5.74, 6) is -1.02. The minimum atomic E-state index is -4.56. The first-order valence-corrected chi connectivity index (χ1v) is 7.57. The molecule has 0 bridgehead atoms. The van der Waals surface area contributed by atoms with E-state index in [2.05, 4.69) is 0 Å². The van der Waals surface area contributed by atoms with Crippen molar-refractivity contribution in [2.75, 3.05) is 11.5 Å². The number of hydrogen-bond acceptors (Lipinski definition) is 3. The Balaban J connectivity index is 2.32. The standard InChI is InChI=1S/C12H13F3O3S/c13-12(14,15)10-4-2-1-3-9(10)11(16)8-5-6-19(17,18)7-8/h1-4,8,11,16H,5-7H2. The molecule has 2 rings (SSSR count). The van der Waals surface area contributed by atoms with Crippen molar-refractivity contribution in [2.45, 2.75) is 18.7 Å². The van der Waals surface area contributed by atoms with Gasteiger partial charge in [0.25, 0.3) is 0 Å². The van der Waals surface area contributed by atoms with Gasteiger partial charge < -0.3 is 5.11 Å². The SMILES string of the molecule is O=S1(=O)CCC(C(O)c2ccccc2C(F)(F)F)C1. The first kappa shape index (κ1) is 14.3. The van der Waals surface area contributed by atoms with Crippen molar-refractivity contribution in [3.8, 4) is 0 Å². The molecule has 1 aromatic rings. The molecule has 3 nitrogen and oxygen atoms in total. The second kappa shape index (κ2) is 4.79. The minimum Gasteiger partial charge on any atom is -0.388 e. The van der Waals surface area contributed by atoms with Crippen LogP contribution in [0.5, 0.6) is 0 Å². The molecule has 2 unspecified atom stereocenters. The Kier molecular flexibility index (Phi) is 3.61. The van der Waals surface area contributed by atoms with Gasteiger partial charge in [-0.1, -0.05) is 18.2 Å². The second-order valence-electron chi connectivity index (χ2n) is 4.69. The Labute approximate surface area is 109 Å². The largest absolute Gasteiger partial charge is 0.416 e. The summed E-state index contributed by atoms with van der Waals surface area (Å²) >= 11 is 0. The van der Waals surface area contributed by atoms with E-state index in [1.165, 1.54) is 18.2 Å². The van der Waals surface area contributed by atoms with Gasteiger partial charge in [0.2, 0.25) is 0 Å². The first-order valence-electron chi connectivity index (χ1n) is 5.75. The second-order valence-corrected chi connectivity index (χ2v) is 6.92. The third kappa shape index (κ3) is 3.09. The molecule has 0 radical (unpaired) electrons. The van der Waals surface area contributed by atoms with Crippen LogP contribution in [0.2, 0.25) is 0 Å². The highest BCUT2D eigenvalue weighted by Crippen LogP contribution is 2.39. The Bertz CT molecular complexity index is 566. The number of alkyl halides is 3. The number of hydrogen-bond donors (Lipinski definition) is 1. The number of benzene rings is 1. The molecule has 0 amide bonds. The summed E-state index contributed by atoms with van der Waals surface area (Å²) in [5, 5.41) is 10.0. The maximum Gasteiger partial charge on any atom is 0.416 e. The molecular formula is C12H13F3O3S. The van der Waals surface area contributed by atoms with Gasteiger partial charge in [0.05, 0.1) is 23.2 Å². The highest BCUT2D eigenvalue weighted by atomic mass is 32.2. The molecule has 1 N–H and O–H groups in total. The molecule has 1 fully saturated rings. The summed E-state index contributed by atoms with van der Waals surface area (Å²) in [4.78, 5) is 0. The Morgan fingerprint density at radius 1 is 1.26 bits per heavy atom. The summed E-state index contributed by atoms with van der Waals surface area (Å²) in [6.45, 7) is 0. The number of sulfone groups is 1. The van der Waals surface area contributed by atoms with E-state index in [4.69, 9.17) is 0 Å². The lowest BCUT2D eigenvalue weighted by Gasteiger charge is -2.21. The van der Waals surface area contributed by atoms with E-state index in [1.54, 1.807) is 0 Å². The van der Waals surface area contributed by atoms with Crippen LogP contribution in [-0.4, -0.2) is 25.0 Å². The van der Waals surface area contributed by atoms with Crippen LogP contribution in [0.15, 0.2) is 24.3 Å². The maximum absolute atomic E-state index is 12.8. The van der Waals surface area contributed by atoms with E-state index in [0.29, 0.717) is 0 Å². The van der Waals surface area contributed by atoms with Crippen molar-refractivity contribution in [3.63, 3.8) is 0 Å². The number of rotatable bonds is 2. The molecule has 1 saturated heterocycles. The fraction of sp³-hybridized carbons (Fsp3) is 0.500. The third-order valence-corrected chi connectivity index (χ3v) is 5.09. The average molecular weight is 294 g/mol. The molecule has 1 aromatic carbocycles. The zero-order chi connectivity index (χ0) is 14.3. The van der Waals surface area contributed by atoms with E-state index in [1.807, 2.05) is 0 Å². The number of aliphatic hydroxyl groups is 1. The van der Waals surface area contributed by atoms with Crippen LogP contribution in [0.4, 0.5) is 13.2 Å². The van der Waals surface area contributed by atoms with Gasteiger partial charge in [0, 0.05) is 5.92 Å². The van der Waals surface area contributed by atoms with E-state index in [0.717, 1.165) is 6.07 Å². The molecule has 7 heteroatoms. The van der Waals surface area contributed by atoms with Gasteiger partial charge in [-0.15, -0.1) is 0 Å². The van der Waals surface area contributed by atoms with E-state index >= 15 is 0 Å². The molecule has 1 aliphatic rings. The average Bonchev–Trinajstić information content (AvgIpc) is 2.68.